The molecule has 0 radical (unpaired) electrons. The van der Waals surface area contributed by atoms with Gasteiger partial charge in [-0.05, 0) is 15.9 Å². The minimum atomic E-state index is 0. The SMILES string of the molecule is Brc1ncc[nH]1.S. The maximum absolute atomic E-state index is 3.78. The molecular formula is C3H5BrN2S. The number of imidazole rings is 1. The molecule has 0 saturated heterocycles. The molecule has 1 aromatic heterocycles. The minimum absolute atomic E-state index is 0. The Labute approximate surface area is 56.9 Å². The maximum atomic E-state index is 3.78. The molecule has 0 aliphatic heterocycles. The first-order chi connectivity index (χ1) is 2.89. The number of hydrogen-bond donors (Lipinski definition) is 1. The highest BCUT2D eigenvalue weighted by Gasteiger charge is 1.76. The van der Waals surface area contributed by atoms with Gasteiger partial charge in [-0.1, -0.05) is 0 Å². The van der Waals surface area contributed by atoms with Gasteiger partial charge in [-0.3, -0.25) is 0 Å². The number of aromatic amines is 1. The molecule has 0 aliphatic rings. The predicted octanol–water partition coefficient (Wildman–Crippen LogP) is 1.28. The first-order valence-corrected chi connectivity index (χ1v) is 2.34. The summed E-state index contributed by atoms with van der Waals surface area (Å²) in [5, 5.41) is 0. The summed E-state index contributed by atoms with van der Waals surface area (Å²) >= 11 is 3.11. The van der Waals surface area contributed by atoms with Crippen molar-refractivity contribution in [2.75, 3.05) is 0 Å². The first-order valence-electron chi connectivity index (χ1n) is 1.54. The highest BCUT2D eigenvalue weighted by Crippen LogP contribution is 1.95. The van der Waals surface area contributed by atoms with E-state index in [-0.39, 0.29) is 13.5 Å². The van der Waals surface area contributed by atoms with Crippen LogP contribution in [0.4, 0.5) is 0 Å². The van der Waals surface area contributed by atoms with Gasteiger partial charge in [-0.2, -0.15) is 13.5 Å². The molecule has 4 heteroatoms. The van der Waals surface area contributed by atoms with E-state index in [1.54, 1.807) is 12.4 Å². The van der Waals surface area contributed by atoms with Crippen molar-refractivity contribution in [2.24, 2.45) is 0 Å². The number of H-pyrrole nitrogens is 1. The Morgan fingerprint density at radius 1 is 1.71 bits per heavy atom. The van der Waals surface area contributed by atoms with E-state index < -0.39 is 0 Å². The topological polar surface area (TPSA) is 28.7 Å². The molecule has 7 heavy (non-hydrogen) atoms. The zero-order valence-corrected chi connectivity index (χ0v) is 6.07. The summed E-state index contributed by atoms with van der Waals surface area (Å²) in [6.45, 7) is 0. The summed E-state index contributed by atoms with van der Waals surface area (Å²) in [6.07, 6.45) is 3.44. The van der Waals surface area contributed by atoms with E-state index in [0.717, 1.165) is 4.73 Å². The van der Waals surface area contributed by atoms with Gasteiger partial charge in [-0.25, -0.2) is 4.98 Å². The molecule has 0 bridgehead atoms. The molecule has 0 fully saturated rings. The van der Waals surface area contributed by atoms with Gasteiger partial charge in [0.2, 0.25) is 0 Å². The number of nitrogens with zero attached hydrogens (tertiary/aromatic N) is 1. The smallest absolute Gasteiger partial charge is 0.174 e. The van der Waals surface area contributed by atoms with Gasteiger partial charge in [0.25, 0.3) is 0 Å². The van der Waals surface area contributed by atoms with Gasteiger partial charge in [0.1, 0.15) is 0 Å². The lowest BCUT2D eigenvalue weighted by Gasteiger charge is -1.65. The van der Waals surface area contributed by atoms with E-state index in [1.165, 1.54) is 0 Å². The van der Waals surface area contributed by atoms with Crippen molar-refractivity contribution in [1.82, 2.24) is 9.97 Å². The molecule has 1 heterocycles. The van der Waals surface area contributed by atoms with E-state index in [4.69, 9.17) is 0 Å². The third kappa shape index (κ3) is 1.99. The Morgan fingerprint density at radius 2 is 2.43 bits per heavy atom. The average Bonchev–Trinajstić information content (AvgIpc) is 1.86. The van der Waals surface area contributed by atoms with E-state index in [2.05, 4.69) is 25.9 Å². The molecule has 1 N–H and O–H groups in total. The fraction of sp³-hybridized carbons (Fsp3) is 0. The third-order valence-corrected chi connectivity index (χ3v) is 0.899. The largest absolute Gasteiger partial charge is 0.339 e. The Kier molecular flexibility index (Phi) is 3.11. The Morgan fingerprint density at radius 3 is 2.57 bits per heavy atom. The van der Waals surface area contributed by atoms with Gasteiger partial charge in [0.15, 0.2) is 4.73 Å². The summed E-state index contributed by atoms with van der Waals surface area (Å²) in [6, 6.07) is 0. The van der Waals surface area contributed by atoms with Crippen LogP contribution in [0.15, 0.2) is 17.1 Å². The fourth-order valence-electron chi connectivity index (χ4n) is 0.246. The van der Waals surface area contributed by atoms with Gasteiger partial charge >= 0.3 is 0 Å². The monoisotopic (exact) mass is 180 g/mol. The second kappa shape index (κ2) is 3.10. The number of hydrogen-bond acceptors (Lipinski definition) is 1. The third-order valence-electron chi connectivity index (χ3n) is 0.465. The molecule has 1 aromatic rings. The van der Waals surface area contributed by atoms with Crippen molar-refractivity contribution >= 4 is 29.4 Å². The van der Waals surface area contributed by atoms with E-state index >= 15 is 0 Å². The second-order valence-corrected chi connectivity index (χ2v) is 1.63. The highest BCUT2D eigenvalue weighted by molar-refractivity contribution is 9.10. The second-order valence-electron chi connectivity index (χ2n) is 0.880. The van der Waals surface area contributed by atoms with Crippen LogP contribution >= 0.6 is 29.4 Å². The number of rotatable bonds is 0. The summed E-state index contributed by atoms with van der Waals surface area (Å²) in [4.78, 5) is 6.58. The van der Waals surface area contributed by atoms with Crippen LogP contribution in [-0.4, -0.2) is 9.97 Å². The number of nitrogens with one attached hydrogen (secondary N) is 1. The Bertz CT molecular complexity index is 116. The van der Waals surface area contributed by atoms with Crippen LogP contribution in [0.5, 0.6) is 0 Å². The van der Waals surface area contributed by atoms with Crippen molar-refractivity contribution in [2.45, 2.75) is 0 Å². The molecule has 2 nitrogen and oxygen atoms in total. The summed E-state index contributed by atoms with van der Waals surface area (Å²) in [5.41, 5.74) is 0. The van der Waals surface area contributed by atoms with Crippen molar-refractivity contribution in [3.63, 3.8) is 0 Å². The van der Waals surface area contributed by atoms with Crippen molar-refractivity contribution in [3.8, 4) is 0 Å². The normalized spacial score (nSPS) is 7.57. The molecule has 1 rings (SSSR count). The molecule has 0 atom stereocenters. The molecule has 0 aliphatic carbocycles. The van der Waals surface area contributed by atoms with Gasteiger partial charge in [0, 0.05) is 12.4 Å². The highest BCUT2D eigenvalue weighted by atomic mass is 79.9. The van der Waals surface area contributed by atoms with E-state index in [9.17, 15) is 0 Å². The summed E-state index contributed by atoms with van der Waals surface area (Å²) < 4.78 is 0.780. The van der Waals surface area contributed by atoms with Gasteiger partial charge in [0.05, 0.1) is 0 Å². The Hall–Kier alpha value is 0.0400. The predicted molar refractivity (Wildman–Crippen MR) is 36.7 cm³/mol. The lowest BCUT2D eigenvalue weighted by Crippen LogP contribution is -1.57. The zero-order valence-electron chi connectivity index (χ0n) is 3.48. The van der Waals surface area contributed by atoms with Crippen LogP contribution in [0.25, 0.3) is 0 Å². The lowest BCUT2D eigenvalue weighted by molar-refractivity contribution is 1.24. The molecule has 0 amide bonds. The quantitative estimate of drug-likeness (QED) is 0.641. The van der Waals surface area contributed by atoms with E-state index in [1.807, 2.05) is 0 Å². The van der Waals surface area contributed by atoms with Crippen LogP contribution in [0.1, 0.15) is 0 Å². The molecule has 0 unspecified atom stereocenters. The molecule has 40 valence electrons. The van der Waals surface area contributed by atoms with Crippen LogP contribution in [0, 0.1) is 0 Å². The summed E-state index contributed by atoms with van der Waals surface area (Å²) in [7, 11) is 0. The molecule has 0 spiro atoms. The van der Waals surface area contributed by atoms with Crippen LogP contribution < -0.4 is 0 Å². The average molecular weight is 181 g/mol. The maximum Gasteiger partial charge on any atom is 0.174 e. The molecule has 0 aromatic carbocycles. The zero-order chi connectivity index (χ0) is 4.41. The van der Waals surface area contributed by atoms with Crippen molar-refractivity contribution in [1.29, 1.82) is 0 Å². The van der Waals surface area contributed by atoms with Gasteiger partial charge < -0.3 is 4.98 Å². The fourth-order valence-corrected chi connectivity index (χ4v) is 0.496. The van der Waals surface area contributed by atoms with Crippen LogP contribution in [0.2, 0.25) is 0 Å². The molecular weight excluding hydrogens is 176 g/mol. The number of aromatic nitrogens is 2. The van der Waals surface area contributed by atoms with Crippen LogP contribution in [0.3, 0.4) is 0 Å². The lowest BCUT2D eigenvalue weighted by atomic mass is 11.0. The Balaban J connectivity index is 0.000000360. The minimum Gasteiger partial charge on any atom is -0.339 e. The number of halogens is 1. The van der Waals surface area contributed by atoms with Gasteiger partial charge in [-0.15, -0.1) is 0 Å². The first kappa shape index (κ1) is 7.04. The molecule has 0 saturated carbocycles. The standard InChI is InChI=1S/C3H3BrN2.H2S/c4-3-5-1-2-6-3;/h1-2H,(H,5,6);1H2. The van der Waals surface area contributed by atoms with Crippen molar-refractivity contribution in [3.05, 3.63) is 17.1 Å². The van der Waals surface area contributed by atoms with Crippen molar-refractivity contribution < 1.29 is 0 Å². The van der Waals surface area contributed by atoms with Crippen LogP contribution in [-0.2, 0) is 0 Å². The van der Waals surface area contributed by atoms with E-state index in [0.29, 0.717) is 0 Å². The summed E-state index contributed by atoms with van der Waals surface area (Å²) in [5.74, 6) is 0.